The summed E-state index contributed by atoms with van der Waals surface area (Å²) in [6.07, 6.45) is -2.86. The van der Waals surface area contributed by atoms with E-state index in [0.29, 0.717) is 6.61 Å². The zero-order chi connectivity index (χ0) is 22.0. The van der Waals surface area contributed by atoms with E-state index >= 15 is 0 Å². The number of alkyl halides is 3. The molecule has 162 valence electrons. The average molecular weight is 428 g/mol. The molecular weight excluding hydrogens is 405 g/mol. The number of piperidine rings is 1. The van der Waals surface area contributed by atoms with E-state index < -0.39 is 11.7 Å². The highest BCUT2D eigenvalue weighted by Gasteiger charge is 2.30. The number of benzene rings is 2. The fourth-order valence-electron chi connectivity index (χ4n) is 3.93. The van der Waals surface area contributed by atoms with Gasteiger partial charge in [-0.15, -0.1) is 0 Å². The molecular formula is C24H23F3N2O2. The van der Waals surface area contributed by atoms with Gasteiger partial charge in [-0.1, -0.05) is 18.2 Å². The Bertz CT molecular complexity index is 1070. The van der Waals surface area contributed by atoms with E-state index in [9.17, 15) is 18.0 Å². The standard InChI is InChI=1S/C24H23F3N2O2/c1-2-31-23(30)17-11-13-29(14-12-17)22-10-6-19-15-18(5-9-21(19)28-22)16-3-7-20(8-4-16)24(25,26)27/h3-10,15,17H,2,11-14H2,1H3. The second-order valence-corrected chi connectivity index (χ2v) is 7.67. The molecule has 1 aromatic heterocycles. The fraction of sp³-hybridized carbons (Fsp3) is 0.333. The third-order valence-electron chi connectivity index (χ3n) is 5.66. The minimum atomic E-state index is -4.34. The molecule has 0 N–H and O–H groups in total. The number of carbonyl (C=O) groups excluding carboxylic acids is 1. The molecule has 0 unspecified atom stereocenters. The molecule has 1 aliphatic heterocycles. The zero-order valence-electron chi connectivity index (χ0n) is 17.2. The van der Waals surface area contributed by atoms with Crippen molar-refractivity contribution in [2.24, 2.45) is 5.92 Å². The van der Waals surface area contributed by atoms with Gasteiger partial charge in [-0.2, -0.15) is 13.2 Å². The number of rotatable bonds is 4. The highest BCUT2D eigenvalue weighted by Crippen LogP contribution is 2.32. The predicted octanol–water partition coefficient (Wildman–Crippen LogP) is 5.70. The van der Waals surface area contributed by atoms with Crippen molar-refractivity contribution in [3.05, 3.63) is 60.2 Å². The van der Waals surface area contributed by atoms with Crippen LogP contribution in [0, 0.1) is 5.92 Å². The van der Waals surface area contributed by atoms with E-state index in [-0.39, 0.29) is 11.9 Å². The molecule has 0 spiro atoms. The number of ether oxygens (including phenoxy) is 1. The van der Waals surface area contributed by atoms with Gasteiger partial charge in [0.2, 0.25) is 0 Å². The first-order chi connectivity index (χ1) is 14.8. The minimum Gasteiger partial charge on any atom is -0.466 e. The highest BCUT2D eigenvalue weighted by molar-refractivity contribution is 5.85. The summed E-state index contributed by atoms with van der Waals surface area (Å²) in [5.74, 6) is 0.685. The fourth-order valence-corrected chi connectivity index (χ4v) is 3.93. The van der Waals surface area contributed by atoms with Gasteiger partial charge in [-0.05, 0) is 67.3 Å². The molecule has 0 bridgehead atoms. The lowest BCUT2D eigenvalue weighted by Gasteiger charge is -2.31. The van der Waals surface area contributed by atoms with Crippen LogP contribution in [0.2, 0.25) is 0 Å². The Balaban J connectivity index is 1.49. The van der Waals surface area contributed by atoms with Gasteiger partial charge in [-0.3, -0.25) is 4.79 Å². The SMILES string of the molecule is CCOC(=O)C1CCN(c2ccc3cc(-c4ccc(C(F)(F)F)cc4)ccc3n2)CC1. The van der Waals surface area contributed by atoms with Crippen molar-refractivity contribution in [1.29, 1.82) is 0 Å². The lowest BCUT2D eigenvalue weighted by molar-refractivity contribution is -0.148. The summed E-state index contributed by atoms with van der Waals surface area (Å²) in [5.41, 5.74) is 1.72. The Hall–Kier alpha value is -3.09. The topological polar surface area (TPSA) is 42.4 Å². The Labute approximate surface area is 178 Å². The summed E-state index contributed by atoms with van der Waals surface area (Å²) in [7, 11) is 0. The third-order valence-corrected chi connectivity index (χ3v) is 5.66. The second kappa shape index (κ2) is 8.57. The number of hydrogen-bond donors (Lipinski definition) is 0. The summed E-state index contributed by atoms with van der Waals surface area (Å²) in [5, 5.41) is 0.919. The largest absolute Gasteiger partial charge is 0.466 e. The molecule has 0 amide bonds. The van der Waals surface area contributed by atoms with Crippen molar-refractivity contribution >= 4 is 22.7 Å². The maximum atomic E-state index is 12.8. The van der Waals surface area contributed by atoms with Crippen LogP contribution >= 0.6 is 0 Å². The second-order valence-electron chi connectivity index (χ2n) is 7.67. The van der Waals surface area contributed by atoms with Crippen molar-refractivity contribution < 1.29 is 22.7 Å². The van der Waals surface area contributed by atoms with Gasteiger partial charge in [0.15, 0.2) is 0 Å². The Morgan fingerprint density at radius 2 is 1.71 bits per heavy atom. The zero-order valence-corrected chi connectivity index (χ0v) is 17.2. The molecule has 7 heteroatoms. The molecule has 0 atom stereocenters. The van der Waals surface area contributed by atoms with Crippen LogP contribution in [0.1, 0.15) is 25.3 Å². The molecule has 0 radical (unpaired) electrons. The van der Waals surface area contributed by atoms with Crippen LogP contribution in [0.15, 0.2) is 54.6 Å². The van der Waals surface area contributed by atoms with Crippen molar-refractivity contribution in [3.63, 3.8) is 0 Å². The third kappa shape index (κ3) is 4.65. The van der Waals surface area contributed by atoms with Gasteiger partial charge in [0.25, 0.3) is 0 Å². The van der Waals surface area contributed by atoms with Crippen LogP contribution in [-0.4, -0.2) is 30.6 Å². The Morgan fingerprint density at radius 1 is 1.03 bits per heavy atom. The molecule has 1 fully saturated rings. The van der Waals surface area contributed by atoms with Gasteiger partial charge >= 0.3 is 12.1 Å². The van der Waals surface area contributed by atoms with E-state index in [4.69, 9.17) is 9.72 Å². The summed E-state index contributed by atoms with van der Waals surface area (Å²) in [6.45, 7) is 3.70. The lowest BCUT2D eigenvalue weighted by atomic mass is 9.97. The van der Waals surface area contributed by atoms with E-state index in [1.165, 1.54) is 12.1 Å². The highest BCUT2D eigenvalue weighted by atomic mass is 19.4. The molecule has 2 heterocycles. The van der Waals surface area contributed by atoms with Crippen LogP contribution in [-0.2, 0) is 15.7 Å². The van der Waals surface area contributed by atoms with Crippen molar-refractivity contribution in [2.45, 2.75) is 25.9 Å². The van der Waals surface area contributed by atoms with Crippen LogP contribution in [0.3, 0.4) is 0 Å². The monoisotopic (exact) mass is 428 g/mol. The smallest absolute Gasteiger partial charge is 0.416 e. The van der Waals surface area contributed by atoms with Gasteiger partial charge in [0, 0.05) is 18.5 Å². The molecule has 1 aliphatic rings. The number of esters is 1. The number of aromatic nitrogens is 1. The summed E-state index contributed by atoms with van der Waals surface area (Å²) in [4.78, 5) is 18.8. The van der Waals surface area contributed by atoms with E-state index in [2.05, 4.69) is 4.90 Å². The average Bonchev–Trinajstić information content (AvgIpc) is 2.78. The van der Waals surface area contributed by atoms with E-state index in [0.717, 1.165) is 65.9 Å². The summed E-state index contributed by atoms with van der Waals surface area (Å²) >= 11 is 0. The molecule has 0 saturated carbocycles. The molecule has 2 aromatic carbocycles. The predicted molar refractivity (Wildman–Crippen MR) is 114 cm³/mol. The number of anilines is 1. The molecule has 0 aliphatic carbocycles. The van der Waals surface area contributed by atoms with Crippen molar-refractivity contribution in [2.75, 3.05) is 24.6 Å². The number of nitrogens with zero attached hydrogens (tertiary/aromatic N) is 2. The van der Waals surface area contributed by atoms with Crippen molar-refractivity contribution in [1.82, 2.24) is 4.98 Å². The maximum absolute atomic E-state index is 12.8. The first kappa shape index (κ1) is 21.2. The van der Waals surface area contributed by atoms with E-state index in [1.807, 2.05) is 37.3 Å². The number of halogens is 3. The molecule has 4 rings (SSSR count). The van der Waals surface area contributed by atoms with Crippen LogP contribution in [0.5, 0.6) is 0 Å². The normalized spacial score (nSPS) is 15.3. The lowest BCUT2D eigenvalue weighted by Crippen LogP contribution is -2.37. The Morgan fingerprint density at radius 3 is 2.35 bits per heavy atom. The summed E-state index contributed by atoms with van der Waals surface area (Å²) in [6, 6.07) is 14.8. The van der Waals surface area contributed by atoms with Gasteiger partial charge in [0.1, 0.15) is 5.82 Å². The van der Waals surface area contributed by atoms with Crippen LogP contribution in [0.4, 0.5) is 19.0 Å². The quantitative estimate of drug-likeness (QED) is 0.500. The number of fused-ring (bicyclic) bond motifs is 1. The number of carbonyl (C=O) groups is 1. The molecule has 31 heavy (non-hydrogen) atoms. The Kier molecular flexibility index (Phi) is 5.85. The van der Waals surface area contributed by atoms with Crippen molar-refractivity contribution in [3.8, 4) is 11.1 Å². The minimum absolute atomic E-state index is 0.0528. The molecule has 1 saturated heterocycles. The van der Waals surface area contributed by atoms with E-state index in [1.54, 1.807) is 0 Å². The van der Waals surface area contributed by atoms with Gasteiger partial charge in [0.05, 0.1) is 23.6 Å². The van der Waals surface area contributed by atoms with Crippen LogP contribution in [0.25, 0.3) is 22.0 Å². The number of hydrogen-bond acceptors (Lipinski definition) is 4. The number of pyridine rings is 1. The summed E-state index contributed by atoms with van der Waals surface area (Å²) < 4.78 is 43.5. The first-order valence-electron chi connectivity index (χ1n) is 10.3. The molecule has 3 aromatic rings. The maximum Gasteiger partial charge on any atom is 0.416 e. The molecule has 4 nitrogen and oxygen atoms in total. The van der Waals surface area contributed by atoms with Gasteiger partial charge in [-0.25, -0.2) is 4.98 Å². The first-order valence-corrected chi connectivity index (χ1v) is 10.3. The van der Waals surface area contributed by atoms with Gasteiger partial charge < -0.3 is 9.64 Å². The van der Waals surface area contributed by atoms with Crippen LogP contribution < -0.4 is 4.90 Å².